The molecule has 1 atom stereocenters. The van der Waals surface area contributed by atoms with Crippen molar-refractivity contribution >= 4 is 19.8 Å². The van der Waals surface area contributed by atoms with Gasteiger partial charge in [-0.25, -0.2) is 4.57 Å². The number of carbonyl (C=O) groups excluding carboxylic acids is 2. The third-order valence-corrected chi connectivity index (χ3v) is 7.77. The molecule has 0 bridgehead atoms. The van der Waals surface area contributed by atoms with E-state index in [4.69, 9.17) is 19.3 Å². The van der Waals surface area contributed by atoms with Gasteiger partial charge in [0, 0.05) is 12.8 Å². The van der Waals surface area contributed by atoms with Crippen molar-refractivity contribution in [3.8, 4) is 0 Å². The van der Waals surface area contributed by atoms with Gasteiger partial charge < -0.3 is 19.3 Å². The number of allylic oxidation sites excluding steroid dienone is 2. The third-order valence-electron chi connectivity index (χ3n) is 7.28. The summed E-state index contributed by atoms with van der Waals surface area (Å²) in [7, 11) is -4.74. The van der Waals surface area contributed by atoms with Crippen LogP contribution in [0, 0.1) is 0 Å². The molecular formula is C33H63O8P. The molecule has 0 heterocycles. The summed E-state index contributed by atoms with van der Waals surface area (Å²) < 4.78 is 26.2. The molecule has 0 saturated heterocycles. The molecule has 0 amide bonds. The van der Waals surface area contributed by atoms with Crippen LogP contribution in [0.15, 0.2) is 12.2 Å². The summed E-state index contributed by atoms with van der Waals surface area (Å²) >= 11 is 0. The first-order chi connectivity index (χ1) is 20.3. The number of carbonyl (C=O) groups is 2. The van der Waals surface area contributed by atoms with E-state index < -0.39 is 32.5 Å². The number of esters is 2. The van der Waals surface area contributed by atoms with Gasteiger partial charge in [-0.2, -0.15) is 0 Å². The number of rotatable bonds is 31. The van der Waals surface area contributed by atoms with E-state index in [1.807, 2.05) is 0 Å². The van der Waals surface area contributed by atoms with Crippen molar-refractivity contribution in [2.24, 2.45) is 0 Å². The van der Waals surface area contributed by atoms with Gasteiger partial charge in [0.1, 0.15) is 6.61 Å². The molecule has 0 aliphatic carbocycles. The Kier molecular flexibility index (Phi) is 29.0. The topological polar surface area (TPSA) is 119 Å². The van der Waals surface area contributed by atoms with Crippen LogP contribution in [-0.2, 0) is 28.2 Å². The molecule has 0 aliphatic rings. The summed E-state index contributed by atoms with van der Waals surface area (Å²) in [6.45, 7) is 3.62. The van der Waals surface area contributed by atoms with Crippen LogP contribution >= 0.6 is 7.82 Å². The highest BCUT2D eigenvalue weighted by Crippen LogP contribution is 2.36. The molecule has 0 saturated carbocycles. The molecule has 0 aliphatic heterocycles. The minimum Gasteiger partial charge on any atom is -0.462 e. The predicted molar refractivity (Wildman–Crippen MR) is 170 cm³/mol. The van der Waals surface area contributed by atoms with Crippen molar-refractivity contribution in [1.82, 2.24) is 0 Å². The molecule has 0 aromatic carbocycles. The molecule has 9 heteroatoms. The van der Waals surface area contributed by atoms with Crippen LogP contribution in [0.2, 0.25) is 0 Å². The summed E-state index contributed by atoms with van der Waals surface area (Å²) in [6.07, 6.45) is 29.3. The lowest BCUT2D eigenvalue weighted by atomic mass is 10.0. The van der Waals surface area contributed by atoms with Crippen LogP contribution in [0.25, 0.3) is 0 Å². The summed E-state index contributed by atoms with van der Waals surface area (Å²) in [4.78, 5) is 42.5. The summed E-state index contributed by atoms with van der Waals surface area (Å²) in [5.41, 5.74) is 0. The van der Waals surface area contributed by atoms with Crippen molar-refractivity contribution in [3.05, 3.63) is 12.2 Å². The van der Waals surface area contributed by atoms with Gasteiger partial charge in [0.25, 0.3) is 0 Å². The van der Waals surface area contributed by atoms with Gasteiger partial charge in [-0.05, 0) is 32.1 Å². The first-order valence-corrected chi connectivity index (χ1v) is 18.5. The Labute approximate surface area is 257 Å². The number of phosphoric ester groups is 1. The largest absolute Gasteiger partial charge is 0.469 e. The van der Waals surface area contributed by atoms with Gasteiger partial charge >= 0.3 is 19.8 Å². The highest BCUT2D eigenvalue weighted by Gasteiger charge is 2.22. The van der Waals surface area contributed by atoms with E-state index >= 15 is 0 Å². The van der Waals surface area contributed by atoms with Gasteiger partial charge in [0.2, 0.25) is 0 Å². The Morgan fingerprint density at radius 3 is 1.52 bits per heavy atom. The number of hydrogen-bond donors (Lipinski definition) is 2. The zero-order valence-corrected chi connectivity index (χ0v) is 27.8. The zero-order valence-electron chi connectivity index (χ0n) is 26.9. The molecule has 0 radical (unpaired) electrons. The van der Waals surface area contributed by atoms with E-state index in [0.717, 1.165) is 57.8 Å². The maximum absolute atomic E-state index is 12.3. The maximum atomic E-state index is 12.3. The van der Waals surface area contributed by atoms with E-state index in [2.05, 4.69) is 30.5 Å². The number of unbranched alkanes of at least 4 members (excludes halogenated alkanes) is 19. The molecule has 248 valence electrons. The predicted octanol–water partition coefficient (Wildman–Crippen LogP) is 9.51. The van der Waals surface area contributed by atoms with E-state index in [9.17, 15) is 14.2 Å². The SMILES string of the molecule is CCCC/C=C\CCCCCCCC(=O)OC(COC(=O)CCCCCCCCCCCCCCC)COP(=O)(O)O. The molecule has 1 unspecified atom stereocenters. The van der Waals surface area contributed by atoms with Gasteiger partial charge in [-0.1, -0.05) is 135 Å². The molecule has 0 fully saturated rings. The second-order valence-electron chi connectivity index (χ2n) is 11.5. The number of phosphoric acid groups is 1. The summed E-state index contributed by atoms with van der Waals surface area (Å²) in [5.74, 6) is -0.892. The van der Waals surface area contributed by atoms with Crippen LogP contribution in [0.5, 0.6) is 0 Å². The fraction of sp³-hybridized carbons (Fsp3) is 0.879. The van der Waals surface area contributed by atoms with Crippen molar-refractivity contribution in [2.75, 3.05) is 13.2 Å². The van der Waals surface area contributed by atoms with Crippen molar-refractivity contribution in [1.29, 1.82) is 0 Å². The van der Waals surface area contributed by atoms with Crippen LogP contribution in [0.1, 0.15) is 168 Å². The van der Waals surface area contributed by atoms with E-state index in [1.54, 1.807) is 0 Å². The molecule has 2 N–H and O–H groups in total. The van der Waals surface area contributed by atoms with Crippen LogP contribution in [0.4, 0.5) is 0 Å². The van der Waals surface area contributed by atoms with Gasteiger partial charge in [-0.3, -0.25) is 14.1 Å². The molecule has 0 aromatic rings. The van der Waals surface area contributed by atoms with Gasteiger partial charge in [0.05, 0.1) is 6.61 Å². The van der Waals surface area contributed by atoms with Gasteiger partial charge in [-0.15, -0.1) is 0 Å². The molecule has 8 nitrogen and oxygen atoms in total. The van der Waals surface area contributed by atoms with Crippen molar-refractivity contribution < 1.29 is 37.9 Å². The Balaban J connectivity index is 4.00. The Morgan fingerprint density at radius 2 is 1.02 bits per heavy atom. The third kappa shape index (κ3) is 31.7. The molecular weight excluding hydrogens is 555 g/mol. The van der Waals surface area contributed by atoms with Crippen LogP contribution < -0.4 is 0 Å². The zero-order chi connectivity index (χ0) is 31.2. The normalized spacial score (nSPS) is 12.6. The fourth-order valence-corrected chi connectivity index (χ4v) is 5.07. The minimum atomic E-state index is -4.74. The molecule has 0 aromatic heterocycles. The Morgan fingerprint density at radius 1 is 0.595 bits per heavy atom. The fourth-order valence-electron chi connectivity index (χ4n) is 4.71. The smallest absolute Gasteiger partial charge is 0.462 e. The summed E-state index contributed by atoms with van der Waals surface area (Å²) in [6, 6.07) is 0. The van der Waals surface area contributed by atoms with E-state index in [0.29, 0.717) is 6.42 Å². The van der Waals surface area contributed by atoms with Gasteiger partial charge in [0.15, 0.2) is 6.10 Å². The van der Waals surface area contributed by atoms with E-state index in [-0.39, 0.29) is 19.4 Å². The monoisotopic (exact) mass is 618 g/mol. The second kappa shape index (κ2) is 29.8. The van der Waals surface area contributed by atoms with E-state index in [1.165, 1.54) is 77.0 Å². The molecule has 42 heavy (non-hydrogen) atoms. The van der Waals surface area contributed by atoms with Crippen molar-refractivity contribution in [2.45, 2.75) is 174 Å². The Bertz CT molecular complexity index is 706. The number of ether oxygens (including phenoxy) is 2. The molecule has 0 rings (SSSR count). The first kappa shape index (κ1) is 40.8. The average Bonchev–Trinajstić information content (AvgIpc) is 2.95. The average molecular weight is 619 g/mol. The lowest BCUT2D eigenvalue weighted by Gasteiger charge is -2.18. The Hall–Kier alpha value is -1.21. The lowest BCUT2D eigenvalue weighted by Crippen LogP contribution is -2.29. The first-order valence-electron chi connectivity index (χ1n) is 17.0. The highest BCUT2D eigenvalue weighted by atomic mass is 31.2. The number of hydrogen-bond acceptors (Lipinski definition) is 6. The second-order valence-corrected chi connectivity index (χ2v) is 12.7. The maximum Gasteiger partial charge on any atom is 0.469 e. The lowest BCUT2D eigenvalue weighted by molar-refractivity contribution is -0.161. The summed E-state index contributed by atoms with van der Waals surface area (Å²) in [5, 5.41) is 0. The highest BCUT2D eigenvalue weighted by molar-refractivity contribution is 7.46. The van der Waals surface area contributed by atoms with Crippen LogP contribution in [-0.4, -0.2) is 41.0 Å². The minimum absolute atomic E-state index is 0.205. The van der Waals surface area contributed by atoms with Crippen LogP contribution in [0.3, 0.4) is 0 Å². The van der Waals surface area contributed by atoms with Crippen molar-refractivity contribution in [3.63, 3.8) is 0 Å². The standard InChI is InChI=1S/C33H63O8P/c1-3-5-7-9-11-13-15-16-18-19-21-23-25-27-32(34)39-29-31(30-40-42(36,37)38)41-33(35)28-26-24-22-20-17-14-12-10-8-6-4-2/h10,12,31H,3-9,11,13-30H2,1-2H3,(H2,36,37,38)/b12-10-. The molecule has 0 spiro atoms. The quantitative estimate of drug-likeness (QED) is 0.0341.